The number of aliphatic hydroxyl groups excluding tert-OH is 1. The molecule has 0 aromatic carbocycles. The summed E-state index contributed by atoms with van der Waals surface area (Å²) in [5.41, 5.74) is 0.0540. The molecule has 1 aromatic heterocycles. The van der Waals surface area contributed by atoms with Gasteiger partial charge in [0.15, 0.2) is 6.04 Å². The maximum absolute atomic E-state index is 12.1. The number of hydrogen-bond donors (Lipinski definition) is 2. The lowest BCUT2D eigenvalue weighted by atomic mass is 10.2. The van der Waals surface area contributed by atoms with Gasteiger partial charge in [0.05, 0.1) is 13.2 Å². The number of rotatable bonds is 7. The number of aliphatic hydroxyl groups is 1. The molecule has 0 radical (unpaired) electrons. The number of hydroxylamine groups is 2. The molecule has 1 atom stereocenters. The molecule has 1 heterocycles. The van der Waals surface area contributed by atoms with Crippen LogP contribution >= 0.6 is 0 Å². The molecule has 0 fully saturated rings. The van der Waals surface area contributed by atoms with Gasteiger partial charge in [-0.25, -0.2) is 4.79 Å². The highest BCUT2D eigenvalue weighted by atomic mass is 16.7. The second kappa shape index (κ2) is 7.45. The fourth-order valence-electron chi connectivity index (χ4n) is 1.33. The summed E-state index contributed by atoms with van der Waals surface area (Å²) in [5.74, 6) is -2.04. The van der Waals surface area contributed by atoms with Crippen molar-refractivity contribution in [1.82, 2.24) is 10.0 Å². The van der Waals surface area contributed by atoms with Crippen molar-refractivity contribution in [3.8, 4) is 0 Å². The molecule has 104 valence electrons. The molecule has 0 saturated heterocycles. The Morgan fingerprint density at radius 2 is 2.21 bits per heavy atom. The molecule has 0 saturated carbocycles. The third-order valence-corrected chi connectivity index (χ3v) is 2.26. The zero-order valence-electron chi connectivity index (χ0n) is 10.5. The molecule has 0 spiro atoms. The third-order valence-electron chi connectivity index (χ3n) is 2.26. The zero-order chi connectivity index (χ0) is 14.3. The van der Waals surface area contributed by atoms with Crippen molar-refractivity contribution < 1.29 is 24.6 Å². The van der Waals surface area contributed by atoms with E-state index in [0.717, 1.165) is 0 Å². The van der Waals surface area contributed by atoms with Crippen LogP contribution in [0.4, 0.5) is 0 Å². The van der Waals surface area contributed by atoms with Crippen molar-refractivity contribution >= 4 is 11.9 Å². The fraction of sp³-hybridized carbons (Fsp3) is 0.417. The summed E-state index contributed by atoms with van der Waals surface area (Å²) in [7, 11) is 0. The summed E-state index contributed by atoms with van der Waals surface area (Å²) in [6.07, 6.45) is 2.02. The first-order valence-corrected chi connectivity index (χ1v) is 5.83. The average Bonchev–Trinajstić information content (AvgIpc) is 2.43. The van der Waals surface area contributed by atoms with Gasteiger partial charge in [0.1, 0.15) is 5.69 Å². The molecule has 0 aliphatic heterocycles. The van der Waals surface area contributed by atoms with Gasteiger partial charge in [-0.05, 0) is 18.6 Å². The van der Waals surface area contributed by atoms with E-state index < -0.39 is 24.5 Å². The first kappa shape index (κ1) is 15.1. The molecular weight excluding hydrogens is 252 g/mol. The summed E-state index contributed by atoms with van der Waals surface area (Å²) in [5, 5.41) is 18.7. The Kier molecular flexibility index (Phi) is 5.91. The Hall–Kier alpha value is -1.99. The molecule has 2 N–H and O–H groups in total. The molecule has 7 nitrogen and oxygen atoms in total. The van der Waals surface area contributed by atoms with Gasteiger partial charge in [-0.15, -0.1) is 0 Å². The summed E-state index contributed by atoms with van der Waals surface area (Å²) in [6.45, 7) is 1.25. The highest BCUT2D eigenvalue weighted by Crippen LogP contribution is 2.08. The molecule has 1 aromatic rings. The maximum atomic E-state index is 12.1. The second-order valence-corrected chi connectivity index (χ2v) is 3.72. The Labute approximate surface area is 110 Å². The number of aromatic nitrogens is 1. The molecular formula is C12H16N2O5. The lowest BCUT2D eigenvalue weighted by Gasteiger charge is -2.26. The number of aliphatic carboxylic acids is 1. The number of carboxylic acids is 1. The van der Waals surface area contributed by atoms with Gasteiger partial charge < -0.3 is 10.2 Å². The van der Waals surface area contributed by atoms with E-state index in [0.29, 0.717) is 11.5 Å². The van der Waals surface area contributed by atoms with Gasteiger partial charge in [-0.2, -0.15) is 5.06 Å². The van der Waals surface area contributed by atoms with Crippen molar-refractivity contribution in [2.75, 3.05) is 13.2 Å². The SMILES string of the molecule is CCCON(C(=O)c1ccccn1)C(CO)C(=O)O. The highest BCUT2D eigenvalue weighted by molar-refractivity contribution is 5.94. The van der Waals surface area contributed by atoms with E-state index in [2.05, 4.69) is 4.98 Å². The van der Waals surface area contributed by atoms with Gasteiger partial charge in [0.25, 0.3) is 5.91 Å². The van der Waals surface area contributed by atoms with E-state index >= 15 is 0 Å². The smallest absolute Gasteiger partial charge is 0.331 e. The van der Waals surface area contributed by atoms with Crippen molar-refractivity contribution in [3.05, 3.63) is 30.1 Å². The summed E-state index contributed by atoms with van der Waals surface area (Å²) in [4.78, 5) is 32.1. The summed E-state index contributed by atoms with van der Waals surface area (Å²) in [6, 6.07) is 3.23. The number of pyridine rings is 1. The van der Waals surface area contributed by atoms with Crippen LogP contribution in [0.2, 0.25) is 0 Å². The average molecular weight is 268 g/mol. The maximum Gasteiger partial charge on any atom is 0.331 e. The van der Waals surface area contributed by atoms with Crippen molar-refractivity contribution in [2.45, 2.75) is 19.4 Å². The Morgan fingerprint density at radius 3 is 2.68 bits per heavy atom. The Morgan fingerprint density at radius 1 is 1.47 bits per heavy atom. The topological polar surface area (TPSA) is 100.0 Å². The number of carbonyl (C=O) groups is 2. The van der Waals surface area contributed by atoms with E-state index in [1.54, 1.807) is 12.1 Å². The Bertz CT molecular complexity index is 423. The second-order valence-electron chi connectivity index (χ2n) is 3.72. The van der Waals surface area contributed by atoms with E-state index in [1.807, 2.05) is 6.92 Å². The molecule has 1 unspecified atom stereocenters. The standard InChI is InChI=1S/C12H16N2O5/c1-2-7-19-14(10(8-15)12(17)18)11(16)9-5-3-4-6-13-9/h3-6,10,15H,2,7-8H2,1H3,(H,17,18). The molecule has 1 amide bonds. The highest BCUT2D eigenvalue weighted by Gasteiger charge is 2.31. The third kappa shape index (κ3) is 4.01. The minimum atomic E-state index is -1.46. The first-order valence-electron chi connectivity index (χ1n) is 5.83. The predicted molar refractivity (Wildman–Crippen MR) is 65.2 cm³/mol. The lowest BCUT2D eigenvalue weighted by molar-refractivity contribution is -0.180. The molecule has 19 heavy (non-hydrogen) atoms. The quantitative estimate of drug-likeness (QED) is 0.690. The van der Waals surface area contributed by atoms with Crippen LogP contribution in [0.15, 0.2) is 24.4 Å². The van der Waals surface area contributed by atoms with E-state index in [9.17, 15) is 9.59 Å². The minimum Gasteiger partial charge on any atom is -0.480 e. The number of amides is 1. The Balaban J connectivity index is 2.96. The van der Waals surface area contributed by atoms with Crippen LogP contribution in [0.1, 0.15) is 23.8 Å². The van der Waals surface area contributed by atoms with Gasteiger partial charge in [0.2, 0.25) is 0 Å². The normalized spacial score (nSPS) is 11.9. The first-order chi connectivity index (χ1) is 9.11. The fourth-order valence-corrected chi connectivity index (χ4v) is 1.33. The van der Waals surface area contributed by atoms with Crippen LogP contribution in [0, 0.1) is 0 Å². The van der Waals surface area contributed by atoms with Crippen LogP contribution in [0.25, 0.3) is 0 Å². The van der Waals surface area contributed by atoms with Gasteiger partial charge in [0, 0.05) is 6.20 Å². The van der Waals surface area contributed by atoms with Crippen molar-refractivity contribution in [3.63, 3.8) is 0 Å². The molecule has 0 aliphatic carbocycles. The predicted octanol–water partition coefficient (Wildman–Crippen LogP) is 0.311. The van der Waals surface area contributed by atoms with E-state index in [-0.39, 0.29) is 12.3 Å². The summed E-state index contributed by atoms with van der Waals surface area (Å²) >= 11 is 0. The van der Waals surface area contributed by atoms with Gasteiger partial charge in [-0.3, -0.25) is 14.6 Å². The molecule has 1 rings (SSSR count). The van der Waals surface area contributed by atoms with E-state index in [4.69, 9.17) is 15.1 Å². The minimum absolute atomic E-state index is 0.0540. The van der Waals surface area contributed by atoms with Crippen molar-refractivity contribution in [1.29, 1.82) is 0 Å². The number of nitrogens with zero attached hydrogens (tertiary/aromatic N) is 2. The van der Waals surface area contributed by atoms with Crippen LogP contribution < -0.4 is 0 Å². The van der Waals surface area contributed by atoms with Crippen LogP contribution in [0.3, 0.4) is 0 Å². The van der Waals surface area contributed by atoms with Gasteiger partial charge >= 0.3 is 5.97 Å². The molecule has 0 bridgehead atoms. The zero-order valence-corrected chi connectivity index (χ0v) is 10.5. The van der Waals surface area contributed by atoms with Crippen LogP contribution in [0.5, 0.6) is 0 Å². The molecule has 7 heteroatoms. The monoisotopic (exact) mass is 268 g/mol. The lowest BCUT2D eigenvalue weighted by Crippen LogP contribution is -2.47. The van der Waals surface area contributed by atoms with Gasteiger partial charge in [-0.1, -0.05) is 13.0 Å². The molecule has 0 aliphatic rings. The van der Waals surface area contributed by atoms with Crippen LogP contribution in [-0.4, -0.2) is 51.4 Å². The van der Waals surface area contributed by atoms with Crippen LogP contribution in [-0.2, 0) is 9.63 Å². The summed E-state index contributed by atoms with van der Waals surface area (Å²) < 4.78 is 0. The van der Waals surface area contributed by atoms with E-state index in [1.165, 1.54) is 12.3 Å². The number of carbonyl (C=O) groups excluding carboxylic acids is 1. The number of carboxylic acid groups (broad SMARTS) is 1. The van der Waals surface area contributed by atoms with Crippen molar-refractivity contribution in [2.24, 2.45) is 0 Å². The largest absolute Gasteiger partial charge is 0.480 e. The number of hydrogen-bond acceptors (Lipinski definition) is 5.